The quantitative estimate of drug-likeness (QED) is 0.779. The van der Waals surface area contributed by atoms with Crippen molar-refractivity contribution >= 4 is 5.91 Å². The molecule has 19 heavy (non-hydrogen) atoms. The molecule has 1 heterocycles. The normalized spacial score (nSPS) is 12.3. The Kier molecular flexibility index (Phi) is 6.29. The number of hydrogen-bond donors (Lipinski definition) is 2. The molecular formula is C14H23N3O2. The van der Waals surface area contributed by atoms with Gasteiger partial charge in [0.25, 0.3) is 0 Å². The second-order valence-electron chi connectivity index (χ2n) is 4.99. The number of nitrogens with one attached hydrogen (secondary N) is 1. The number of carbonyl (C=O) groups is 1. The van der Waals surface area contributed by atoms with Gasteiger partial charge < -0.3 is 15.8 Å². The fraction of sp³-hybridized carbons (Fsp3) is 0.571. The highest BCUT2D eigenvalue weighted by Crippen LogP contribution is 2.12. The number of nitrogens with zero attached hydrogens (tertiary/aromatic N) is 1. The van der Waals surface area contributed by atoms with E-state index in [1.54, 1.807) is 19.4 Å². The largest absolute Gasteiger partial charge is 0.481 e. The number of ether oxygens (including phenoxy) is 1. The number of aromatic nitrogens is 1. The van der Waals surface area contributed by atoms with Crippen molar-refractivity contribution in [1.29, 1.82) is 0 Å². The van der Waals surface area contributed by atoms with Gasteiger partial charge >= 0.3 is 0 Å². The molecule has 0 saturated heterocycles. The zero-order valence-corrected chi connectivity index (χ0v) is 11.8. The topological polar surface area (TPSA) is 77.2 Å². The van der Waals surface area contributed by atoms with Crippen LogP contribution >= 0.6 is 0 Å². The summed E-state index contributed by atoms with van der Waals surface area (Å²) in [6.45, 7) is 5.02. The van der Waals surface area contributed by atoms with Crippen molar-refractivity contribution < 1.29 is 9.53 Å². The lowest BCUT2D eigenvalue weighted by Crippen LogP contribution is -2.35. The van der Waals surface area contributed by atoms with Gasteiger partial charge in [-0.05, 0) is 24.0 Å². The number of hydrogen-bond acceptors (Lipinski definition) is 4. The van der Waals surface area contributed by atoms with Crippen LogP contribution in [-0.2, 0) is 11.3 Å². The van der Waals surface area contributed by atoms with Crippen molar-refractivity contribution in [2.45, 2.75) is 26.8 Å². The lowest BCUT2D eigenvalue weighted by atomic mass is 9.96. The molecule has 1 amide bonds. The van der Waals surface area contributed by atoms with E-state index in [9.17, 15) is 4.79 Å². The standard InChI is InChI=1S/C14H23N3O2/c1-10(2)6-12(8-15)14(18)17-9-11-4-5-16-13(7-11)19-3/h4-5,7,10,12H,6,8-9,15H2,1-3H3,(H,17,18). The summed E-state index contributed by atoms with van der Waals surface area (Å²) in [5, 5.41) is 2.90. The Morgan fingerprint density at radius 2 is 2.26 bits per heavy atom. The first-order chi connectivity index (χ1) is 9.06. The molecule has 0 radical (unpaired) electrons. The molecule has 3 N–H and O–H groups in total. The monoisotopic (exact) mass is 265 g/mol. The molecule has 5 heteroatoms. The molecule has 0 spiro atoms. The Labute approximate surface area is 114 Å². The Morgan fingerprint density at radius 1 is 1.53 bits per heavy atom. The second kappa shape index (κ2) is 7.74. The molecule has 5 nitrogen and oxygen atoms in total. The van der Waals surface area contributed by atoms with Gasteiger partial charge in [0.05, 0.1) is 13.0 Å². The van der Waals surface area contributed by atoms with E-state index >= 15 is 0 Å². The van der Waals surface area contributed by atoms with E-state index in [4.69, 9.17) is 10.5 Å². The smallest absolute Gasteiger partial charge is 0.224 e. The maximum atomic E-state index is 12.0. The molecular weight excluding hydrogens is 242 g/mol. The molecule has 1 atom stereocenters. The number of nitrogens with two attached hydrogens (primary N) is 1. The SMILES string of the molecule is COc1cc(CNC(=O)C(CN)CC(C)C)ccn1. The fourth-order valence-corrected chi connectivity index (χ4v) is 1.88. The summed E-state index contributed by atoms with van der Waals surface area (Å²) in [4.78, 5) is 16.0. The molecule has 0 aliphatic rings. The van der Waals surface area contributed by atoms with E-state index in [1.165, 1.54) is 0 Å². The number of carbonyl (C=O) groups excluding carboxylic acids is 1. The average molecular weight is 265 g/mol. The zero-order chi connectivity index (χ0) is 14.3. The lowest BCUT2D eigenvalue weighted by Gasteiger charge is -2.16. The molecule has 1 aromatic heterocycles. The van der Waals surface area contributed by atoms with E-state index in [-0.39, 0.29) is 11.8 Å². The third-order valence-electron chi connectivity index (χ3n) is 2.89. The van der Waals surface area contributed by atoms with E-state index in [0.29, 0.717) is 24.9 Å². The summed E-state index contributed by atoms with van der Waals surface area (Å²) < 4.78 is 5.04. The highest BCUT2D eigenvalue weighted by Gasteiger charge is 2.17. The highest BCUT2D eigenvalue weighted by atomic mass is 16.5. The van der Waals surface area contributed by atoms with Gasteiger partial charge in [-0.25, -0.2) is 4.98 Å². The second-order valence-corrected chi connectivity index (χ2v) is 4.99. The number of rotatable bonds is 7. The number of pyridine rings is 1. The van der Waals surface area contributed by atoms with Gasteiger partial charge in [0.15, 0.2) is 0 Å². The van der Waals surface area contributed by atoms with E-state index < -0.39 is 0 Å². The van der Waals surface area contributed by atoms with Crippen LogP contribution in [-0.4, -0.2) is 24.5 Å². The minimum Gasteiger partial charge on any atom is -0.481 e. The van der Waals surface area contributed by atoms with Crippen molar-refractivity contribution in [3.05, 3.63) is 23.9 Å². The Morgan fingerprint density at radius 3 is 2.84 bits per heavy atom. The van der Waals surface area contributed by atoms with E-state index in [1.807, 2.05) is 6.07 Å². The van der Waals surface area contributed by atoms with Crippen molar-refractivity contribution in [3.63, 3.8) is 0 Å². The van der Waals surface area contributed by atoms with Crippen molar-refractivity contribution in [2.24, 2.45) is 17.6 Å². The van der Waals surface area contributed by atoms with Crippen LogP contribution in [0.2, 0.25) is 0 Å². The van der Waals surface area contributed by atoms with Gasteiger partial charge in [-0.2, -0.15) is 0 Å². The van der Waals surface area contributed by atoms with Crippen LogP contribution in [0.25, 0.3) is 0 Å². The predicted molar refractivity (Wildman–Crippen MR) is 74.6 cm³/mol. The van der Waals surface area contributed by atoms with Crippen molar-refractivity contribution in [1.82, 2.24) is 10.3 Å². The maximum Gasteiger partial charge on any atom is 0.224 e. The first-order valence-corrected chi connectivity index (χ1v) is 6.53. The summed E-state index contributed by atoms with van der Waals surface area (Å²) in [7, 11) is 1.57. The molecule has 0 bridgehead atoms. The van der Waals surface area contributed by atoms with Crippen LogP contribution in [0.1, 0.15) is 25.8 Å². The van der Waals surface area contributed by atoms with E-state index in [0.717, 1.165) is 12.0 Å². The minimum absolute atomic E-state index is 0.00646. The first kappa shape index (κ1) is 15.4. The third-order valence-corrected chi connectivity index (χ3v) is 2.89. The Bertz CT molecular complexity index is 407. The van der Waals surface area contributed by atoms with Gasteiger partial charge in [0.2, 0.25) is 11.8 Å². The number of methoxy groups -OCH3 is 1. The molecule has 1 rings (SSSR count). The third kappa shape index (κ3) is 5.26. The molecule has 0 aromatic carbocycles. The average Bonchev–Trinajstić information content (AvgIpc) is 2.42. The first-order valence-electron chi connectivity index (χ1n) is 6.53. The van der Waals surface area contributed by atoms with Gasteiger partial charge in [-0.15, -0.1) is 0 Å². The summed E-state index contributed by atoms with van der Waals surface area (Å²) in [5.41, 5.74) is 6.60. The van der Waals surface area contributed by atoms with Crippen LogP contribution in [0, 0.1) is 11.8 Å². The molecule has 0 fully saturated rings. The van der Waals surface area contributed by atoms with Gasteiger partial charge in [0, 0.05) is 25.4 Å². The highest BCUT2D eigenvalue weighted by molar-refractivity contribution is 5.78. The number of amides is 1. The van der Waals surface area contributed by atoms with Crippen LogP contribution in [0.5, 0.6) is 5.88 Å². The van der Waals surface area contributed by atoms with Crippen molar-refractivity contribution in [2.75, 3.05) is 13.7 Å². The molecule has 0 saturated carbocycles. The summed E-state index contributed by atoms with van der Waals surface area (Å²) in [6.07, 6.45) is 2.47. The van der Waals surface area contributed by atoms with Crippen LogP contribution < -0.4 is 15.8 Å². The molecule has 1 unspecified atom stereocenters. The molecule has 0 aliphatic carbocycles. The van der Waals surface area contributed by atoms with E-state index in [2.05, 4.69) is 24.1 Å². The lowest BCUT2D eigenvalue weighted by molar-refractivity contribution is -0.125. The van der Waals surface area contributed by atoms with Crippen LogP contribution in [0.3, 0.4) is 0 Å². The van der Waals surface area contributed by atoms with Crippen molar-refractivity contribution in [3.8, 4) is 5.88 Å². The van der Waals surface area contributed by atoms with Gasteiger partial charge in [-0.1, -0.05) is 13.8 Å². The molecule has 1 aromatic rings. The molecule has 0 aliphatic heterocycles. The summed E-state index contributed by atoms with van der Waals surface area (Å²) >= 11 is 0. The summed E-state index contributed by atoms with van der Waals surface area (Å²) in [5.74, 6) is 0.889. The Balaban J connectivity index is 2.52. The maximum absolute atomic E-state index is 12.0. The molecule has 106 valence electrons. The Hall–Kier alpha value is -1.62. The fourth-order valence-electron chi connectivity index (χ4n) is 1.88. The van der Waals surface area contributed by atoms with Gasteiger partial charge in [-0.3, -0.25) is 4.79 Å². The van der Waals surface area contributed by atoms with Crippen LogP contribution in [0.4, 0.5) is 0 Å². The van der Waals surface area contributed by atoms with Gasteiger partial charge in [0.1, 0.15) is 0 Å². The zero-order valence-electron chi connectivity index (χ0n) is 11.8. The minimum atomic E-state index is -0.122. The van der Waals surface area contributed by atoms with Crippen LogP contribution in [0.15, 0.2) is 18.3 Å². The summed E-state index contributed by atoms with van der Waals surface area (Å²) in [6, 6.07) is 3.66. The predicted octanol–water partition coefficient (Wildman–Crippen LogP) is 1.33.